The fraction of sp³-hybridized carbons (Fsp3) is 0.320. The Labute approximate surface area is 207 Å². The van der Waals surface area contributed by atoms with E-state index in [0.717, 1.165) is 37.9 Å². The third-order valence-corrected chi connectivity index (χ3v) is 8.67. The molecular formula is C25H25ClN6OS. The van der Waals surface area contributed by atoms with Crippen LogP contribution in [0.25, 0.3) is 0 Å². The number of terminal acetylenes is 1. The topological polar surface area (TPSA) is 103 Å². The van der Waals surface area contributed by atoms with Gasteiger partial charge in [0, 0.05) is 42.8 Å². The smallest absolute Gasteiger partial charge is 0.268 e. The second-order valence-electron chi connectivity index (χ2n) is 8.96. The Hall–Kier alpha value is -2.99. The van der Waals surface area contributed by atoms with Gasteiger partial charge in [-0.1, -0.05) is 35.3 Å². The van der Waals surface area contributed by atoms with Crippen molar-refractivity contribution in [2.75, 3.05) is 23.7 Å². The van der Waals surface area contributed by atoms with Gasteiger partial charge in [-0.3, -0.25) is 9.36 Å². The molecule has 2 aliphatic rings. The number of rotatable bonds is 3. The normalized spacial score (nSPS) is 18.6. The van der Waals surface area contributed by atoms with Gasteiger partial charge < -0.3 is 16.4 Å². The van der Waals surface area contributed by atoms with Crippen molar-refractivity contribution in [2.24, 2.45) is 18.2 Å². The van der Waals surface area contributed by atoms with Gasteiger partial charge in [0.15, 0.2) is 0 Å². The standard InChI is InChI=1S/C25H25ClN6OS/c1-3-15-4-5-16-13-25(21(27)17(16)12-15)7-10-32(11-8-25)24-30-14-19(23(33)31(24)2)34-18-6-9-29-22(28)20(18)26/h1,4-6,9,12,14,21H,7-8,10-11,13,27H2,2H3,(H2,28,29)/t21-/m1/s1. The number of benzene rings is 1. The minimum atomic E-state index is -0.131. The molecule has 34 heavy (non-hydrogen) atoms. The molecule has 0 unspecified atom stereocenters. The molecule has 1 saturated heterocycles. The molecule has 0 bridgehead atoms. The Morgan fingerprint density at radius 2 is 2.00 bits per heavy atom. The molecule has 2 aromatic heterocycles. The summed E-state index contributed by atoms with van der Waals surface area (Å²) in [5, 5.41) is 0.336. The Kier molecular flexibility index (Phi) is 5.80. The molecule has 3 aromatic rings. The summed E-state index contributed by atoms with van der Waals surface area (Å²) in [7, 11) is 1.75. The monoisotopic (exact) mass is 492 g/mol. The van der Waals surface area contributed by atoms with Gasteiger partial charge in [0.2, 0.25) is 5.95 Å². The van der Waals surface area contributed by atoms with Gasteiger partial charge >= 0.3 is 0 Å². The second kappa shape index (κ2) is 8.66. The zero-order valence-corrected chi connectivity index (χ0v) is 20.4. The van der Waals surface area contributed by atoms with E-state index in [1.807, 2.05) is 6.07 Å². The van der Waals surface area contributed by atoms with Crippen LogP contribution >= 0.6 is 23.4 Å². The summed E-state index contributed by atoms with van der Waals surface area (Å²) in [4.78, 5) is 25.0. The summed E-state index contributed by atoms with van der Waals surface area (Å²) in [6.07, 6.45) is 11.6. The first-order valence-corrected chi connectivity index (χ1v) is 12.3. The molecule has 1 aliphatic heterocycles. The molecule has 0 saturated carbocycles. The van der Waals surface area contributed by atoms with Crippen molar-refractivity contribution in [3.8, 4) is 12.3 Å². The van der Waals surface area contributed by atoms with Crippen molar-refractivity contribution in [3.63, 3.8) is 0 Å². The van der Waals surface area contributed by atoms with Crippen molar-refractivity contribution in [1.29, 1.82) is 0 Å². The highest BCUT2D eigenvalue weighted by molar-refractivity contribution is 7.99. The van der Waals surface area contributed by atoms with Crippen LogP contribution in [0.4, 0.5) is 11.8 Å². The van der Waals surface area contributed by atoms with E-state index in [1.54, 1.807) is 30.1 Å². The summed E-state index contributed by atoms with van der Waals surface area (Å²) in [5.41, 5.74) is 15.8. The molecule has 1 fully saturated rings. The molecule has 1 spiro atoms. The highest BCUT2D eigenvalue weighted by Crippen LogP contribution is 2.51. The van der Waals surface area contributed by atoms with Crippen LogP contribution in [0.5, 0.6) is 0 Å². The zero-order chi connectivity index (χ0) is 24.0. The number of nitrogens with zero attached hydrogens (tertiary/aromatic N) is 4. The Bertz CT molecular complexity index is 1370. The summed E-state index contributed by atoms with van der Waals surface area (Å²) in [6.45, 7) is 1.56. The fourth-order valence-electron chi connectivity index (χ4n) is 5.11. The van der Waals surface area contributed by atoms with E-state index in [2.05, 4.69) is 32.9 Å². The van der Waals surface area contributed by atoms with Crippen LogP contribution in [0, 0.1) is 17.8 Å². The summed E-state index contributed by atoms with van der Waals surface area (Å²) in [5.74, 6) is 3.60. The van der Waals surface area contributed by atoms with E-state index >= 15 is 0 Å². The van der Waals surface area contributed by atoms with Crippen LogP contribution in [0.3, 0.4) is 0 Å². The van der Waals surface area contributed by atoms with Crippen LogP contribution in [0.1, 0.15) is 35.6 Å². The van der Waals surface area contributed by atoms with Gasteiger partial charge in [-0.25, -0.2) is 9.97 Å². The molecule has 5 rings (SSSR count). The molecule has 0 radical (unpaired) electrons. The van der Waals surface area contributed by atoms with Crippen LogP contribution in [-0.4, -0.2) is 27.6 Å². The van der Waals surface area contributed by atoms with E-state index in [1.165, 1.54) is 22.9 Å². The number of hydrogen-bond donors (Lipinski definition) is 2. The van der Waals surface area contributed by atoms with Crippen molar-refractivity contribution in [2.45, 2.75) is 35.1 Å². The van der Waals surface area contributed by atoms with Gasteiger partial charge in [-0.05, 0) is 54.0 Å². The van der Waals surface area contributed by atoms with Crippen molar-refractivity contribution < 1.29 is 0 Å². The Morgan fingerprint density at radius 1 is 1.24 bits per heavy atom. The van der Waals surface area contributed by atoms with E-state index in [9.17, 15) is 4.79 Å². The highest BCUT2D eigenvalue weighted by Gasteiger charge is 2.46. The largest absolute Gasteiger partial charge is 0.382 e. The molecule has 3 heterocycles. The van der Waals surface area contributed by atoms with Gasteiger partial charge in [0.05, 0.1) is 16.1 Å². The maximum atomic E-state index is 13.1. The van der Waals surface area contributed by atoms with E-state index in [0.29, 0.717) is 20.8 Å². The first-order chi connectivity index (χ1) is 16.3. The summed E-state index contributed by atoms with van der Waals surface area (Å²) < 4.78 is 1.60. The lowest BCUT2D eigenvalue weighted by atomic mass is 9.73. The predicted octanol–water partition coefficient (Wildman–Crippen LogP) is 3.39. The number of nitrogens with two attached hydrogens (primary N) is 2. The number of fused-ring (bicyclic) bond motifs is 1. The van der Waals surface area contributed by atoms with E-state index in [4.69, 9.17) is 29.5 Å². The number of hydrogen-bond acceptors (Lipinski definition) is 7. The molecule has 174 valence electrons. The number of piperidine rings is 1. The number of halogens is 1. The van der Waals surface area contributed by atoms with Crippen molar-refractivity contribution in [3.05, 3.63) is 68.7 Å². The maximum absolute atomic E-state index is 13.1. The summed E-state index contributed by atoms with van der Waals surface area (Å²) in [6, 6.07) is 7.87. The van der Waals surface area contributed by atoms with Gasteiger partial charge in [0.25, 0.3) is 5.56 Å². The van der Waals surface area contributed by atoms with Crippen LogP contribution in [-0.2, 0) is 13.5 Å². The van der Waals surface area contributed by atoms with Crippen LogP contribution in [0.15, 0.2) is 51.2 Å². The number of nitrogen functional groups attached to an aromatic ring is 1. The lowest BCUT2D eigenvalue weighted by Crippen LogP contribution is -2.46. The number of anilines is 2. The molecular weight excluding hydrogens is 468 g/mol. The van der Waals surface area contributed by atoms with Crippen LogP contribution < -0.4 is 21.9 Å². The average Bonchev–Trinajstić information content (AvgIpc) is 3.11. The molecule has 0 amide bonds. The van der Waals surface area contributed by atoms with E-state index < -0.39 is 0 Å². The molecule has 1 aliphatic carbocycles. The lowest BCUT2D eigenvalue weighted by Gasteiger charge is -2.42. The quantitative estimate of drug-likeness (QED) is 0.540. The SMILES string of the molecule is C#Cc1ccc2c(c1)[C@@H](N)C1(CCN(c3ncc(Sc4ccnc(N)c4Cl)c(=O)n3C)CC1)C2. The van der Waals surface area contributed by atoms with Gasteiger partial charge in [0.1, 0.15) is 5.82 Å². The number of pyridine rings is 1. The molecule has 4 N–H and O–H groups in total. The molecule has 1 aromatic carbocycles. The second-order valence-corrected chi connectivity index (χ2v) is 10.4. The lowest BCUT2D eigenvalue weighted by molar-refractivity contribution is 0.186. The third kappa shape index (κ3) is 3.74. The first kappa shape index (κ1) is 22.8. The molecule has 9 heteroatoms. The highest BCUT2D eigenvalue weighted by atomic mass is 35.5. The Balaban J connectivity index is 1.34. The fourth-order valence-corrected chi connectivity index (χ4v) is 6.23. The minimum Gasteiger partial charge on any atom is -0.382 e. The minimum absolute atomic E-state index is 0.0126. The average molecular weight is 493 g/mol. The van der Waals surface area contributed by atoms with Crippen LogP contribution in [0.2, 0.25) is 5.02 Å². The molecule has 7 nitrogen and oxygen atoms in total. The molecule has 1 atom stereocenters. The maximum Gasteiger partial charge on any atom is 0.268 e. The zero-order valence-electron chi connectivity index (χ0n) is 18.8. The van der Waals surface area contributed by atoms with E-state index in [-0.39, 0.29) is 22.8 Å². The van der Waals surface area contributed by atoms with Crippen molar-refractivity contribution >= 4 is 35.1 Å². The van der Waals surface area contributed by atoms with Crippen molar-refractivity contribution in [1.82, 2.24) is 14.5 Å². The van der Waals surface area contributed by atoms with Gasteiger partial charge in [-0.2, -0.15) is 0 Å². The predicted molar refractivity (Wildman–Crippen MR) is 136 cm³/mol. The third-order valence-electron chi connectivity index (χ3n) is 7.11. The number of aromatic nitrogens is 3. The Morgan fingerprint density at radius 3 is 2.74 bits per heavy atom. The summed E-state index contributed by atoms with van der Waals surface area (Å²) >= 11 is 7.48. The van der Waals surface area contributed by atoms with Gasteiger partial charge in [-0.15, -0.1) is 6.42 Å². The first-order valence-electron chi connectivity index (χ1n) is 11.1.